The molecule has 0 spiro atoms. The van der Waals surface area contributed by atoms with Gasteiger partial charge in [0, 0.05) is 23.9 Å². The molecular formula is C16H18N2O3. The summed E-state index contributed by atoms with van der Waals surface area (Å²) < 4.78 is 5.58. The highest BCUT2D eigenvalue weighted by Crippen LogP contribution is 2.22. The lowest BCUT2D eigenvalue weighted by Gasteiger charge is -2.08. The molecule has 0 heterocycles. The van der Waals surface area contributed by atoms with Gasteiger partial charge in [-0.1, -0.05) is 24.3 Å². The Hall–Kier alpha value is -2.56. The maximum Gasteiger partial charge on any atom is 0.274 e. The van der Waals surface area contributed by atoms with Crippen LogP contribution in [0.15, 0.2) is 48.5 Å². The Morgan fingerprint density at radius 2 is 1.95 bits per heavy atom. The van der Waals surface area contributed by atoms with Crippen molar-refractivity contribution in [1.82, 2.24) is 0 Å². The van der Waals surface area contributed by atoms with Crippen LogP contribution >= 0.6 is 0 Å². The highest BCUT2D eigenvalue weighted by atomic mass is 16.6. The van der Waals surface area contributed by atoms with Crippen LogP contribution in [0.25, 0.3) is 0 Å². The van der Waals surface area contributed by atoms with E-state index in [1.165, 1.54) is 0 Å². The van der Waals surface area contributed by atoms with Gasteiger partial charge in [0.15, 0.2) is 0 Å². The van der Waals surface area contributed by atoms with Crippen molar-refractivity contribution in [2.45, 2.75) is 13.3 Å². The van der Waals surface area contributed by atoms with Gasteiger partial charge in [-0.25, -0.2) is 0 Å². The van der Waals surface area contributed by atoms with Gasteiger partial charge in [-0.15, -0.1) is 0 Å². The standard InChI is InChI=1S/C16H18N2O3/c1-13-8-9-14(12-16(13)18(19)20)17-10-5-11-21-15-6-3-2-4-7-15/h2-4,6-9,12,17H,5,10-11H2,1H3. The fourth-order valence-electron chi connectivity index (χ4n) is 1.93. The number of para-hydroxylation sites is 1. The van der Waals surface area contributed by atoms with Crippen molar-refractivity contribution in [3.8, 4) is 5.75 Å². The van der Waals surface area contributed by atoms with Crippen LogP contribution in [0.5, 0.6) is 5.75 Å². The first-order valence-electron chi connectivity index (χ1n) is 6.83. The second-order valence-electron chi connectivity index (χ2n) is 4.70. The maximum absolute atomic E-state index is 10.9. The van der Waals surface area contributed by atoms with Crippen LogP contribution in [0.4, 0.5) is 11.4 Å². The van der Waals surface area contributed by atoms with Crippen molar-refractivity contribution in [3.63, 3.8) is 0 Å². The zero-order chi connectivity index (χ0) is 15.1. The van der Waals surface area contributed by atoms with Crippen LogP contribution in [-0.2, 0) is 0 Å². The van der Waals surface area contributed by atoms with Crippen molar-refractivity contribution < 1.29 is 9.66 Å². The molecule has 0 unspecified atom stereocenters. The second kappa shape index (κ2) is 7.28. The van der Waals surface area contributed by atoms with E-state index in [1.54, 1.807) is 19.1 Å². The maximum atomic E-state index is 10.9. The summed E-state index contributed by atoms with van der Waals surface area (Å²) in [4.78, 5) is 10.5. The molecule has 0 fully saturated rings. The molecule has 2 rings (SSSR count). The normalized spacial score (nSPS) is 10.1. The second-order valence-corrected chi connectivity index (χ2v) is 4.70. The van der Waals surface area contributed by atoms with Crippen molar-refractivity contribution in [1.29, 1.82) is 0 Å². The quantitative estimate of drug-likeness (QED) is 0.478. The van der Waals surface area contributed by atoms with E-state index in [4.69, 9.17) is 4.74 Å². The number of nitrogens with one attached hydrogen (secondary N) is 1. The third-order valence-corrected chi connectivity index (χ3v) is 3.07. The van der Waals surface area contributed by atoms with E-state index in [-0.39, 0.29) is 10.6 Å². The van der Waals surface area contributed by atoms with E-state index < -0.39 is 0 Å². The number of hydrogen-bond donors (Lipinski definition) is 1. The molecule has 2 aromatic rings. The molecule has 5 heteroatoms. The molecule has 21 heavy (non-hydrogen) atoms. The van der Waals surface area contributed by atoms with Crippen molar-refractivity contribution in [2.24, 2.45) is 0 Å². The summed E-state index contributed by atoms with van der Waals surface area (Å²) in [5.41, 5.74) is 1.56. The Bertz CT molecular complexity index is 600. The number of benzene rings is 2. The first-order valence-corrected chi connectivity index (χ1v) is 6.83. The smallest absolute Gasteiger partial charge is 0.274 e. The molecule has 0 aromatic heterocycles. The Kier molecular flexibility index (Phi) is 5.15. The van der Waals surface area contributed by atoms with Crippen LogP contribution in [0.2, 0.25) is 0 Å². The highest BCUT2D eigenvalue weighted by Gasteiger charge is 2.10. The van der Waals surface area contributed by atoms with Gasteiger partial charge < -0.3 is 10.1 Å². The van der Waals surface area contributed by atoms with Crippen molar-refractivity contribution in [3.05, 3.63) is 64.2 Å². The van der Waals surface area contributed by atoms with Crippen molar-refractivity contribution >= 4 is 11.4 Å². The molecule has 0 bridgehead atoms. The fraction of sp³-hybridized carbons (Fsp3) is 0.250. The molecule has 0 radical (unpaired) electrons. The number of ether oxygens (including phenoxy) is 1. The van der Waals surface area contributed by atoms with Gasteiger partial charge >= 0.3 is 0 Å². The third kappa shape index (κ3) is 4.49. The van der Waals surface area contributed by atoms with Crippen LogP contribution < -0.4 is 10.1 Å². The van der Waals surface area contributed by atoms with Gasteiger partial charge in [-0.3, -0.25) is 10.1 Å². The molecule has 2 aromatic carbocycles. The van der Waals surface area contributed by atoms with E-state index in [0.717, 1.165) is 17.9 Å². The number of rotatable bonds is 7. The average Bonchev–Trinajstić information content (AvgIpc) is 2.49. The monoisotopic (exact) mass is 286 g/mol. The molecule has 0 aliphatic carbocycles. The molecule has 1 N–H and O–H groups in total. The van der Waals surface area contributed by atoms with Gasteiger partial charge in [0.25, 0.3) is 5.69 Å². The third-order valence-electron chi connectivity index (χ3n) is 3.07. The molecule has 0 saturated heterocycles. The van der Waals surface area contributed by atoms with E-state index in [0.29, 0.717) is 18.7 Å². The summed E-state index contributed by atoms with van der Waals surface area (Å²) in [6, 6.07) is 14.8. The first kappa shape index (κ1) is 14.8. The molecular weight excluding hydrogens is 268 g/mol. The van der Waals surface area contributed by atoms with E-state index in [9.17, 15) is 10.1 Å². The Morgan fingerprint density at radius 3 is 2.67 bits per heavy atom. The Labute approximate surface area is 123 Å². The SMILES string of the molecule is Cc1ccc(NCCCOc2ccccc2)cc1[N+](=O)[O-]. The summed E-state index contributed by atoms with van der Waals surface area (Å²) >= 11 is 0. The van der Waals surface area contributed by atoms with Gasteiger partial charge in [0.1, 0.15) is 5.75 Å². The number of aryl methyl sites for hydroxylation is 1. The summed E-state index contributed by atoms with van der Waals surface area (Å²) in [6.07, 6.45) is 0.816. The summed E-state index contributed by atoms with van der Waals surface area (Å²) in [7, 11) is 0. The lowest BCUT2D eigenvalue weighted by molar-refractivity contribution is -0.385. The van der Waals surface area contributed by atoms with E-state index in [1.807, 2.05) is 36.4 Å². The van der Waals surface area contributed by atoms with Crippen LogP contribution in [0.1, 0.15) is 12.0 Å². The Balaban J connectivity index is 1.76. The van der Waals surface area contributed by atoms with Crippen LogP contribution in [-0.4, -0.2) is 18.1 Å². The number of nitrogens with zero attached hydrogens (tertiary/aromatic N) is 1. The molecule has 0 saturated carbocycles. The van der Waals surface area contributed by atoms with Gasteiger partial charge in [0.2, 0.25) is 0 Å². The predicted molar refractivity (Wildman–Crippen MR) is 82.9 cm³/mol. The molecule has 0 atom stereocenters. The summed E-state index contributed by atoms with van der Waals surface area (Å²) in [6.45, 7) is 3.04. The van der Waals surface area contributed by atoms with Gasteiger partial charge in [-0.2, -0.15) is 0 Å². The zero-order valence-electron chi connectivity index (χ0n) is 11.9. The number of nitro benzene ring substituents is 1. The highest BCUT2D eigenvalue weighted by molar-refractivity contribution is 5.54. The van der Waals surface area contributed by atoms with Crippen LogP contribution in [0.3, 0.4) is 0 Å². The Morgan fingerprint density at radius 1 is 1.19 bits per heavy atom. The lowest BCUT2D eigenvalue weighted by Crippen LogP contribution is -2.07. The predicted octanol–water partition coefficient (Wildman–Crippen LogP) is 3.78. The van der Waals surface area contributed by atoms with Gasteiger partial charge in [0.05, 0.1) is 11.5 Å². The average molecular weight is 286 g/mol. The number of anilines is 1. The molecule has 110 valence electrons. The zero-order valence-corrected chi connectivity index (χ0v) is 11.9. The van der Waals surface area contributed by atoms with Crippen LogP contribution in [0, 0.1) is 17.0 Å². The fourth-order valence-corrected chi connectivity index (χ4v) is 1.93. The summed E-state index contributed by atoms with van der Waals surface area (Å²) in [5.74, 6) is 0.850. The largest absolute Gasteiger partial charge is 0.494 e. The lowest BCUT2D eigenvalue weighted by atomic mass is 10.2. The molecule has 0 amide bonds. The molecule has 0 aliphatic rings. The minimum atomic E-state index is -0.362. The minimum absolute atomic E-state index is 0.139. The first-order chi connectivity index (χ1) is 10.2. The number of hydrogen-bond acceptors (Lipinski definition) is 4. The number of nitro groups is 1. The minimum Gasteiger partial charge on any atom is -0.494 e. The van der Waals surface area contributed by atoms with Crippen molar-refractivity contribution in [2.75, 3.05) is 18.5 Å². The summed E-state index contributed by atoms with van der Waals surface area (Å²) in [5, 5.41) is 14.0. The van der Waals surface area contributed by atoms with E-state index >= 15 is 0 Å². The molecule has 5 nitrogen and oxygen atoms in total. The molecule has 0 aliphatic heterocycles. The van der Waals surface area contributed by atoms with Gasteiger partial charge in [-0.05, 0) is 31.5 Å². The topological polar surface area (TPSA) is 64.4 Å². The van der Waals surface area contributed by atoms with E-state index in [2.05, 4.69) is 5.32 Å².